The molecule has 1 aliphatic carbocycles. The molecule has 0 aliphatic heterocycles. The van der Waals surface area contributed by atoms with Crippen LogP contribution < -0.4 is 5.49 Å². The standard InChI is InChI=1S/C17H16N3S.Y/c1-2-6-12(7-3-1)10-18-16-15-13-8-4-5-9-14(13)21-17(15)20-11-19-16;/h1-3,6-7H,4-5,8-10H2,(H,18,19,20);/q-1;. The number of hydrogen-bond acceptors (Lipinski definition) is 3. The van der Waals surface area contributed by atoms with Gasteiger partial charge in [-0.05, 0) is 46.5 Å². The van der Waals surface area contributed by atoms with Gasteiger partial charge in [-0.1, -0.05) is 35.7 Å². The molecule has 1 aromatic carbocycles. The first kappa shape index (κ1) is 16.0. The molecule has 1 radical (unpaired) electrons. The summed E-state index contributed by atoms with van der Waals surface area (Å²) >= 11 is 1.85. The van der Waals surface area contributed by atoms with E-state index in [1.807, 2.05) is 29.5 Å². The quantitative estimate of drug-likeness (QED) is 0.677. The van der Waals surface area contributed by atoms with Crippen LogP contribution >= 0.6 is 11.3 Å². The molecule has 3 aromatic rings. The topological polar surface area (TPSA) is 41.0 Å². The van der Waals surface area contributed by atoms with Gasteiger partial charge in [-0.25, -0.2) is 0 Å². The Balaban J connectivity index is 0.00000144. The number of fused-ring (bicyclic) bond motifs is 3. The number of benzene rings is 1. The van der Waals surface area contributed by atoms with Crippen molar-refractivity contribution < 1.29 is 32.7 Å². The first-order chi connectivity index (χ1) is 10.4. The van der Waals surface area contributed by atoms with Crippen LogP contribution in [0.4, 0.5) is 0 Å². The van der Waals surface area contributed by atoms with Gasteiger partial charge >= 0.3 is 0 Å². The summed E-state index contributed by atoms with van der Waals surface area (Å²) < 4.78 is 0. The van der Waals surface area contributed by atoms with Crippen molar-refractivity contribution in [1.29, 1.82) is 0 Å². The third-order valence-electron chi connectivity index (χ3n) is 3.98. The van der Waals surface area contributed by atoms with Gasteiger partial charge in [0, 0.05) is 44.5 Å². The molecule has 1 N–H and O–H groups in total. The second-order valence-corrected chi connectivity index (χ2v) is 6.49. The largest absolute Gasteiger partial charge is 0.444 e. The van der Waals surface area contributed by atoms with Crippen LogP contribution in [-0.2, 0) is 52.1 Å². The molecule has 22 heavy (non-hydrogen) atoms. The van der Waals surface area contributed by atoms with E-state index < -0.39 is 0 Å². The second kappa shape index (κ2) is 7.16. The van der Waals surface area contributed by atoms with E-state index >= 15 is 0 Å². The van der Waals surface area contributed by atoms with E-state index in [4.69, 9.17) is 4.99 Å². The molecular weight excluding hydrogens is 367 g/mol. The summed E-state index contributed by atoms with van der Waals surface area (Å²) in [6.07, 6.45) is 7.81. The molecule has 0 bridgehead atoms. The molecule has 2 heterocycles. The molecule has 5 heteroatoms. The number of hydrogen-bond donors (Lipinski definition) is 1. The number of aromatic amines is 1. The fourth-order valence-electron chi connectivity index (χ4n) is 2.94. The monoisotopic (exact) mass is 383 g/mol. The molecule has 0 atom stereocenters. The predicted molar refractivity (Wildman–Crippen MR) is 85.2 cm³/mol. The fourth-order valence-corrected chi connectivity index (χ4v) is 4.18. The Morgan fingerprint density at radius 1 is 1.18 bits per heavy atom. The van der Waals surface area contributed by atoms with Crippen molar-refractivity contribution in [2.75, 3.05) is 0 Å². The minimum atomic E-state index is 0. The van der Waals surface area contributed by atoms with Crippen molar-refractivity contribution in [3.63, 3.8) is 0 Å². The first-order valence-electron chi connectivity index (χ1n) is 7.37. The minimum absolute atomic E-state index is 0. The summed E-state index contributed by atoms with van der Waals surface area (Å²) in [5.41, 5.74) is 3.52. The zero-order chi connectivity index (χ0) is 14.1. The summed E-state index contributed by atoms with van der Waals surface area (Å²) in [5.74, 6) is 0. The van der Waals surface area contributed by atoms with Crippen molar-refractivity contribution in [1.82, 2.24) is 9.97 Å². The van der Waals surface area contributed by atoms with Crippen LogP contribution in [0.3, 0.4) is 0 Å². The minimum Gasteiger partial charge on any atom is -0.444 e. The SMILES string of the molecule is [Y].[c-]1nc(=NCc2ccccc2)c2c3c(sc2[nH]1)CCCC3. The van der Waals surface area contributed by atoms with E-state index in [0.29, 0.717) is 6.54 Å². The molecule has 1 aliphatic rings. The number of aromatic nitrogens is 2. The predicted octanol–water partition coefficient (Wildman–Crippen LogP) is 3.40. The zero-order valence-electron chi connectivity index (χ0n) is 12.3. The molecule has 2 aromatic heterocycles. The van der Waals surface area contributed by atoms with Gasteiger partial charge in [0.25, 0.3) is 0 Å². The van der Waals surface area contributed by atoms with E-state index in [1.165, 1.54) is 45.5 Å². The van der Waals surface area contributed by atoms with Crippen LogP contribution in [0, 0.1) is 6.33 Å². The van der Waals surface area contributed by atoms with Gasteiger partial charge in [-0.15, -0.1) is 0 Å². The third kappa shape index (κ3) is 3.10. The maximum Gasteiger partial charge on any atom is 0.0522 e. The summed E-state index contributed by atoms with van der Waals surface area (Å²) in [7, 11) is 0. The van der Waals surface area contributed by atoms with Crippen molar-refractivity contribution in [2.24, 2.45) is 4.99 Å². The maximum absolute atomic E-state index is 4.73. The van der Waals surface area contributed by atoms with Crippen LogP contribution in [0.15, 0.2) is 35.3 Å². The van der Waals surface area contributed by atoms with Crippen LogP contribution in [0.1, 0.15) is 28.8 Å². The molecule has 4 rings (SSSR count). The summed E-state index contributed by atoms with van der Waals surface area (Å²) in [5, 5.41) is 1.23. The Morgan fingerprint density at radius 2 is 2.00 bits per heavy atom. The van der Waals surface area contributed by atoms with Crippen LogP contribution in [-0.4, -0.2) is 9.97 Å². The van der Waals surface area contributed by atoms with E-state index in [2.05, 4.69) is 28.4 Å². The smallest absolute Gasteiger partial charge is 0.0522 e. The van der Waals surface area contributed by atoms with Gasteiger partial charge in [0.05, 0.1) is 6.54 Å². The number of thiophene rings is 1. The number of aryl methyl sites for hydroxylation is 2. The molecule has 109 valence electrons. The molecule has 0 fully saturated rings. The average molecular weight is 383 g/mol. The van der Waals surface area contributed by atoms with E-state index in [-0.39, 0.29) is 32.7 Å². The van der Waals surface area contributed by atoms with Crippen molar-refractivity contribution in [3.8, 4) is 0 Å². The molecule has 0 spiro atoms. The molecule has 3 nitrogen and oxygen atoms in total. The van der Waals surface area contributed by atoms with Crippen molar-refractivity contribution in [2.45, 2.75) is 32.2 Å². The Kier molecular flexibility index (Phi) is 5.22. The van der Waals surface area contributed by atoms with E-state index in [1.54, 1.807) is 0 Å². The maximum atomic E-state index is 4.73. The normalized spacial score (nSPS) is 14.6. The van der Waals surface area contributed by atoms with Gasteiger partial charge in [0.1, 0.15) is 0 Å². The van der Waals surface area contributed by atoms with Crippen molar-refractivity contribution in [3.05, 3.63) is 58.2 Å². The average Bonchev–Trinajstić information content (AvgIpc) is 2.93. The number of H-pyrrole nitrogens is 1. The molecule has 0 saturated heterocycles. The zero-order valence-corrected chi connectivity index (χ0v) is 16.0. The van der Waals surface area contributed by atoms with Gasteiger partial charge in [-0.3, -0.25) is 0 Å². The molecule has 0 saturated carbocycles. The van der Waals surface area contributed by atoms with Gasteiger partial charge < -0.3 is 15.0 Å². The Labute approximate surface area is 158 Å². The van der Waals surface area contributed by atoms with Crippen LogP contribution in [0.25, 0.3) is 10.2 Å². The Bertz CT molecular complexity index is 836. The van der Waals surface area contributed by atoms with Crippen LogP contribution in [0.5, 0.6) is 0 Å². The molecule has 0 unspecified atom stereocenters. The van der Waals surface area contributed by atoms with Crippen LogP contribution in [0.2, 0.25) is 0 Å². The summed E-state index contributed by atoms with van der Waals surface area (Å²) in [6, 6.07) is 10.3. The molecular formula is C17H16N3SY-. The van der Waals surface area contributed by atoms with Gasteiger partial charge in [0.15, 0.2) is 0 Å². The number of nitrogens with zero attached hydrogens (tertiary/aromatic N) is 2. The summed E-state index contributed by atoms with van der Waals surface area (Å²) in [6.45, 7) is 0.672. The summed E-state index contributed by atoms with van der Waals surface area (Å²) in [4.78, 5) is 14.9. The number of nitrogens with one attached hydrogen (secondary N) is 1. The number of rotatable bonds is 2. The second-order valence-electron chi connectivity index (χ2n) is 5.39. The first-order valence-corrected chi connectivity index (χ1v) is 8.18. The van der Waals surface area contributed by atoms with Gasteiger partial charge in [-0.2, -0.15) is 11.3 Å². The van der Waals surface area contributed by atoms with Gasteiger partial charge in [0.2, 0.25) is 0 Å². The van der Waals surface area contributed by atoms with E-state index in [9.17, 15) is 0 Å². The third-order valence-corrected chi connectivity index (χ3v) is 5.19. The van der Waals surface area contributed by atoms with Crippen molar-refractivity contribution >= 4 is 21.6 Å². The Hall–Kier alpha value is -0.836. The fraction of sp³-hybridized carbons (Fsp3) is 0.294. The Morgan fingerprint density at radius 3 is 2.86 bits per heavy atom. The van der Waals surface area contributed by atoms with E-state index in [0.717, 1.165) is 11.9 Å². The molecule has 0 amide bonds.